The zero-order valence-corrected chi connectivity index (χ0v) is 8.19. The van der Waals surface area contributed by atoms with E-state index in [2.05, 4.69) is 14.7 Å². The van der Waals surface area contributed by atoms with Crippen LogP contribution in [0.5, 0.6) is 5.88 Å². The number of halogens is 6. The Morgan fingerprint density at radius 3 is 2.50 bits per heavy atom. The van der Waals surface area contributed by atoms with E-state index in [0.29, 0.717) is 0 Å². The van der Waals surface area contributed by atoms with Crippen molar-refractivity contribution < 1.29 is 26.7 Å². The summed E-state index contributed by atoms with van der Waals surface area (Å²) in [7, 11) is 0. The van der Waals surface area contributed by atoms with Crippen molar-refractivity contribution in [3.05, 3.63) is 17.0 Å². The van der Waals surface area contributed by atoms with E-state index >= 15 is 0 Å². The molecule has 0 bridgehead atoms. The average molecular weight is 263 g/mol. The number of rotatable bonds is 3. The van der Waals surface area contributed by atoms with Crippen molar-refractivity contribution in [3.63, 3.8) is 0 Å². The van der Waals surface area contributed by atoms with Crippen molar-refractivity contribution in [2.45, 2.75) is 12.6 Å². The number of hydrogen-bond donors (Lipinski definition) is 0. The Morgan fingerprint density at radius 1 is 1.38 bits per heavy atom. The number of hydrogen-bond acceptors (Lipinski definition) is 3. The maximum Gasteiger partial charge on any atom is 0.422 e. The van der Waals surface area contributed by atoms with Gasteiger partial charge in [0.05, 0.1) is 6.20 Å². The molecule has 1 aromatic rings. The van der Waals surface area contributed by atoms with Crippen molar-refractivity contribution >= 4 is 11.6 Å². The molecular weight excluding hydrogens is 259 g/mol. The van der Waals surface area contributed by atoms with Gasteiger partial charge in [0.1, 0.15) is 5.15 Å². The molecule has 9 heteroatoms. The summed E-state index contributed by atoms with van der Waals surface area (Å²) in [5.74, 6) is -0.878. The second-order valence-electron chi connectivity index (χ2n) is 2.59. The fraction of sp³-hybridized carbons (Fsp3) is 0.429. The topological polar surface area (TPSA) is 35.0 Å². The van der Waals surface area contributed by atoms with E-state index < -0.39 is 30.8 Å². The van der Waals surface area contributed by atoms with E-state index in [1.165, 1.54) is 0 Å². The molecule has 0 aliphatic carbocycles. The third-order valence-electron chi connectivity index (χ3n) is 1.31. The van der Waals surface area contributed by atoms with Crippen LogP contribution in [0.25, 0.3) is 0 Å². The smallest absolute Gasteiger partial charge is 0.422 e. The zero-order chi connectivity index (χ0) is 12.3. The molecule has 90 valence electrons. The number of alkyl halides is 5. The highest BCUT2D eigenvalue weighted by molar-refractivity contribution is 6.29. The summed E-state index contributed by atoms with van der Waals surface area (Å²) in [5.41, 5.74) is -1.02. The quantitative estimate of drug-likeness (QED) is 0.786. The molecule has 3 nitrogen and oxygen atoms in total. The van der Waals surface area contributed by atoms with Crippen LogP contribution in [-0.4, -0.2) is 22.8 Å². The van der Waals surface area contributed by atoms with Crippen LogP contribution < -0.4 is 4.74 Å². The fourth-order valence-corrected chi connectivity index (χ4v) is 0.913. The minimum absolute atomic E-state index is 0.352. The van der Waals surface area contributed by atoms with Gasteiger partial charge in [-0.1, -0.05) is 11.6 Å². The molecule has 0 saturated carbocycles. The Labute approximate surface area is 91.2 Å². The maximum atomic E-state index is 12.3. The first-order chi connectivity index (χ1) is 7.29. The molecule has 0 saturated heterocycles. The monoisotopic (exact) mass is 262 g/mol. The van der Waals surface area contributed by atoms with Crippen LogP contribution in [0, 0.1) is 0 Å². The summed E-state index contributed by atoms with van der Waals surface area (Å²) >= 11 is 5.27. The first kappa shape index (κ1) is 12.9. The van der Waals surface area contributed by atoms with Crippen LogP contribution in [0.15, 0.2) is 6.20 Å². The minimum atomic E-state index is -4.64. The molecule has 1 aromatic heterocycles. The molecule has 0 aliphatic rings. The van der Waals surface area contributed by atoms with Crippen molar-refractivity contribution in [1.29, 1.82) is 0 Å². The lowest BCUT2D eigenvalue weighted by Gasteiger charge is -2.10. The lowest BCUT2D eigenvalue weighted by molar-refractivity contribution is -0.154. The Hall–Kier alpha value is -1.18. The second-order valence-corrected chi connectivity index (χ2v) is 2.97. The minimum Gasteiger partial charge on any atom is -0.467 e. The predicted octanol–water partition coefficient (Wildman–Crippen LogP) is 3.01. The largest absolute Gasteiger partial charge is 0.467 e. The Morgan fingerprint density at radius 2 is 2.00 bits per heavy atom. The van der Waals surface area contributed by atoms with Gasteiger partial charge in [-0.15, -0.1) is 0 Å². The molecule has 0 radical (unpaired) electrons. The molecule has 0 spiro atoms. The van der Waals surface area contributed by atoms with Gasteiger partial charge in [-0.25, -0.2) is 18.7 Å². The van der Waals surface area contributed by atoms with Crippen LogP contribution in [-0.2, 0) is 0 Å². The fourth-order valence-electron chi connectivity index (χ4n) is 0.773. The van der Waals surface area contributed by atoms with Gasteiger partial charge in [-0.3, -0.25) is 0 Å². The Balaban J connectivity index is 2.87. The third kappa shape index (κ3) is 3.76. The number of nitrogens with zero attached hydrogens (tertiary/aromatic N) is 2. The predicted molar refractivity (Wildman–Crippen MR) is 43.5 cm³/mol. The summed E-state index contributed by atoms with van der Waals surface area (Å²) in [6.45, 7) is -1.72. The van der Waals surface area contributed by atoms with Gasteiger partial charge in [-0.05, 0) is 0 Å². The highest BCUT2D eigenvalue weighted by atomic mass is 35.5. The van der Waals surface area contributed by atoms with Crippen molar-refractivity contribution in [2.75, 3.05) is 6.61 Å². The molecule has 0 unspecified atom stereocenters. The third-order valence-corrected chi connectivity index (χ3v) is 1.50. The molecule has 1 rings (SSSR count). The van der Waals surface area contributed by atoms with E-state index in [1.54, 1.807) is 0 Å². The lowest BCUT2D eigenvalue weighted by Crippen LogP contribution is -2.20. The zero-order valence-electron chi connectivity index (χ0n) is 7.43. The van der Waals surface area contributed by atoms with Gasteiger partial charge >= 0.3 is 6.18 Å². The average Bonchev–Trinajstić information content (AvgIpc) is 2.14. The van der Waals surface area contributed by atoms with Crippen LogP contribution in [0.2, 0.25) is 5.15 Å². The summed E-state index contributed by atoms with van der Waals surface area (Å²) < 4.78 is 64.0. The first-order valence-electron chi connectivity index (χ1n) is 3.80. The number of aromatic nitrogens is 2. The van der Waals surface area contributed by atoms with Crippen molar-refractivity contribution in [2.24, 2.45) is 0 Å². The molecule has 0 N–H and O–H groups in total. The van der Waals surface area contributed by atoms with E-state index in [0.717, 1.165) is 6.20 Å². The van der Waals surface area contributed by atoms with E-state index in [-0.39, 0.29) is 5.15 Å². The van der Waals surface area contributed by atoms with Gasteiger partial charge in [0.15, 0.2) is 12.3 Å². The van der Waals surface area contributed by atoms with Gasteiger partial charge in [0.2, 0.25) is 5.88 Å². The van der Waals surface area contributed by atoms with Crippen LogP contribution in [0.3, 0.4) is 0 Å². The van der Waals surface area contributed by atoms with Gasteiger partial charge in [0, 0.05) is 0 Å². The van der Waals surface area contributed by atoms with E-state index in [9.17, 15) is 22.0 Å². The first-order valence-corrected chi connectivity index (χ1v) is 4.17. The Bertz CT molecular complexity index is 370. The summed E-state index contributed by atoms with van der Waals surface area (Å²) in [6, 6.07) is 0. The Kier molecular flexibility index (Phi) is 3.84. The SMILES string of the molecule is FC(F)c1nc(Cl)cnc1OCC(F)(F)F. The van der Waals surface area contributed by atoms with Gasteiger partial charge in [-0.2, -0.15) is 13.2 Å². The van der Waals surface area contributed by atoms with Crippen LogP contribution >= 0.6 is 11.6 Å². The molecule has 0 fully saturated rings. The van der Waals surface area contributed by atoms with Gasteiger partial charge in [0.25, 0.3) is 6.43 Å². The normalized spacial score (nSPS) is 11.9. The second kappa shape index (κ2) is 4.77. The van der Waals surface area contributed by atoms with E-state index in [4.69, 9.17) is 11.6 Å². The lowest BCUT2D eigenvalue weighted by atomic mass is 10.4. The maximum absolute atomic E-state index is 12.3. The summed E-state index contributed by atoms with van der Waals surface area (Å²) in [4.78, 5) is 6.34. The van der Waals surface area contributed by atoms with Gasteiger partial charge < -0.3 is 4.74 Å². The molecule has 0 aromatic carbocycles. The molecule has 16 heavy (non-hydrogen) atoms. The highest BCUT2D eigenvalue weighted by Crippen LogP contribution is 2.27. The van der Waals surface area contributed by atoms with Crippen molar-refractivity contribution in [3.8, 4) is 5.88 Å². The van der Waals surface area contributed by atoms with E-state index in [1.807, 2.05) is 0 Å². The standard InChI is InChI=1S/C7H4ClF5N2O/c8-3-1-14-6(4(15-3)5(9)10)16-2-7(11,12)13/h1,5H,2H2. The highest BCUT2D eigenvalue weighted by Gasteiger charge is 2.30. The molecule has 0 aliphatic heterocycles. The van der Waals surface area contributed by atoms with Crippen LogP contribution in [0.4, 0.5) is 22.0 Å². The summed E-state index contributed by atoms with van der Waals surface area (Å²) in [5, 5.41) is -0.352. The summed E-state index contributed by atoms with van der Waals surface area (Å²) in [6.07, 6.45) is -6.94. The van der Waals surface area contributed by atoms with Crippen LogP contribution in [0.1, 0.15) is 12.1 Å². The molecule has 1 heterocycles. The molecule has 0 amide bonds. The van der Waals surface area contributed by atoms with Crippen molar-refractivity contribution in [1.82, 2.24) is 9.97 Å². The molecular formula is C7H4ClF5N2O. The number of ether oxygens (including phenoxy) is 1. The molecule has 0 atom stereocenters.